The van der Waals surface area contributed by atoms with Crippen LogP contribution in [0, 0.1) is 0 Å². The molecule has 3 aromatic heterocycles. The molecule has 0 atom stereocenters. The minimum Gasteiger partial charge on any atom is -0.455 e. The van der Waals surface area contributed by atoms with E-state index in [4.69, 9.17) is 4.42 Å². The van der Waals surface area contributed by atoms with E-state index < -0.39 is 0 Å². The predicted molar refractivity (Wildman–Crippen MR) is 98.0 cm³/mol. The Labute approximate surface area is 139 Å². The van der Waals surface area contributed by atoms with Gasteiger partial charge in [-0.15, -0.1) is 0 Å². The van der Waals surface area contributed by atoms with Crippen LogP contribution in [0.1, 0.15) is 0 Å². The lowest BCUT2D eigenvalue weighted by Gasteiger charge is -2.02. The number of benzene rings is 2. The maximum atomic E-state index is 6.06. The molecule has 5 rings (SSSR count). The second-order valence-electron chi connectivity index (χ2n) is 5.95. The fraction of sp³-hybridized carbons (Fsp3) is 0. The van der Waals surface area contributed by atoms with Gasteiger partial charge in [0.25, 0.3) is 0 Å². The van der Waals surface area contributed by atoms with E-state index in [-0.39, 0.29) is 0 Å². The first-order chi connectivity index (χ1) is 11.9. The molecule has 0 bridgehead atoms. The summed E-state index contributed by atoms with van der Waals surface area (Å²) in [5, 5.41) is 1.12. The Morgan fingerprint density at radius 1 is 0.667 bits per heavy atom. The van der Waals surface area contributed by atoms with E-state index in [1.807, 2.05) is 24.3 Å². The van der Waals surface area contributed by atoms with Crippen molar-refractivity contribution in [1.29, 1.82) is 0 Å². The highest BCUT2D eigenvalue weighted by Crippen LogP contribution is 2.31. The number of para-hydroxylation sites is 1. The van der Waals surface area contributed by atoms with Gasteiger partial charge in [-0.05, 0) is 35.9 Å². The minimum absolute atomic E-state index is 0.886. The molecule has 0 radical (unpaired) electrons. The summed E-state index contributed by atoms with van der Waals surface area (Å²) < 4.78 is 8.25. The first kappa shape index (κ1) is 13.2. The quantitative estimate of drug-likeness (QED) is 0.390. The van der Waals surface area contributed by atoms with E-state index in [9.17, 15) is 0 Å². The first-order valence-electron chi connectivity index (χ1n) is 8.04. The molecule has 0 N–H and O–H groups in total. The molecule has 0 amide bonds. The number of furan rings is 1. The van der Waals surface area contributed by atoms with Gasteiger partial charge in [-0.3, -0.25) is 0 Å². The third-order valence-corrected chi connectivity index (χ3v) is 4.42. The van der Waals surface area contributed by atoms with Crippen molar-refractivity contribution in [3.8, 4) is 22.6 Å². The molecular formula is C22H15NO. The highest BCUT2D eigenvalue weighted by Gasteiger charge is 2.11. The summed E-state index contributed by atoms with van der Waals surface area (Å²) in [5.41, 5.74) is 5.56. The van der Waals surface area contributed by atoms with Crippen LogP contribution in [0.5, 0.6) is 0 Å². The Hall–Kier alpha value is -3.26. The standard InChI is InChI=1S/C22H15NO/c1-2-7-16(8-3-1)18-13-19-10-6-11-20(23(19)15-18)22-14-17-9-4-5-12-21(17)24-22/h1-15H. The van der Waals surface area contributed by atoms with Crippen LogP contribution in [-0.4, -0.2) is 4.40 Å². The predicted octanol–water partition coefficient (Wildman–Crippen LogP) is 6.02. The maximum Gasteiger partial charge on any atom is 0.152 e. The molecule has 0 unspecified atom stereocenters. The van der Waals surface area contributed by atoms with Crippen LogP contribution in [0.3, 0.4) is 0 Å². The number of aromatic nitrogens is 1. The van der Waals surface area contributed by atoms with Crippen LogP contribution in [0.15, 0.2) is 95.5 Å². The molecule has 0 aliphatic carbocycles. The van der Waals surface area contributed by atoms with Crippen molar-refractivity contribution >= 4 is 16.5 Å². The van der Waals surface area contributed by atoms with Gasteiger partial charge in [0.15, 0.2) is 5.76 Å². The van der Waals surface area contributed by atoms with Gasteiger partial charge in [0.05, 0.1) is 5.69 Å². The molecule has 0 spiro atoms. The second-order valence-corrected chi connectivity index (χ2v) is 5.95. The molecule has 5 aromatic rings. The zero-order valence-electron chi connectivity index (χ0n) is 13.0. The monoisotopic (exact) mass is 309 g/mol. The van der Waals surface area contributed by atoms with E-state index in [0.29, 0.717) is 0 Å². The third-order valence-electron chi connectivity index (χ3n) is 4.42. The Bertz CT molecular complexity index is 1120. The fourth-order valence-corrected chi connectivity index (χ4v) is 3.23. The Kier molecular flexibility index (Phi) is 2.83. The highest BCUT2D eigenvalue weighted by atomic mass is 16.3. The number of rotatable bonds is 2. The Morgan fingerprint density at radius 3 is 2.38 bits per heavy atom. The summed E-state index contributed by atoms with van der Waals surface area (Å²) in [6.45, 7) is 0. The van der Waals surface area contributed by atoms with Crippen molar-refractivity contribution in [3.05, 3.63) is 91.1 Å². The smallest absolute Gasteiger partial charge is 0.152 e. The van der Waals surface area contributed by atoms with E-state index >= 15 is 0 Å². The summed E-state index contributed by atoms with van der Waals surface area (Å²) in [4.78, 5) is 0. The van der Waals surface area contributed by atoms with Gasteiger partial charge in [0.2, 0.25) is 0 Å². The van der Waals surface area contributed by atoms with Crippen LogP contribution >= 0.6 is 0 Å². The minimum atomic E-state index is 0.886. The van der Waals surface area contributed by atoms with Crippen molar-refractivity contribution in [2.45, 2.75) is 0 Å². The van der Waals surface area contributed by atoms with Crippen molar-refractivity contribution in [2.24, 2.45) is 0 Å². The van der Waals surface area contributed by atoms with Crippen molar-refractivity contribution in [2.75, 3.05) is 0 Å². The van der Waals surface area contributed by atoms with E-state index in [1.165, 1.54) is 11.1 Å². The molecule has 2 heteroatoms. The van der Waals surface area contributed by atoms with Gasteiger partial charge >= 0.3 is 0 Å². The van der Waals surface area contributed by atoms with E-state index in [0.717, 1.165) is 27.9 Å². The lowest BCUT2D eigenvalue weighted by molar-refractivity contribution is 0.627. The van der Waals surface area contributed by atoms with Gasteiger partial charge in [0, 0.05) is 22.7 Å². The molecule has 2 aromatic carbocycles. The maximum absolute atomic E-state index is 6.06. The first-order valence-corrected chi connectivity index (χ1v) is 8.04. The Morgan fingerprint density at radius 2 is 1.50 bits per heavy atom. The number of pyridine rings is 1. The van der Waals surface area contributed by atoms with Gasteiger partial charge in [-0.25, -0.2) is 0 Å². The van der Waals surface area contributed by atoms with Gasteiger partial charge in [0.1, 0.15) is 5.58 Å². The number of hydrogen-bond acceptors (Lipinski definition) is 1. The summed E-state index contributed by atoms with van der Waals surface area (Å²) in [6, 6.07) is 29.2. The largest absolute Gasteiger partial charge is 0.455 e. The number of fused-ring (bicyclic) bond motifs is 2. The molecule has 0 fully saturated rings. The van der Waals surface area contributed by atoms with Crippen LogP contribution < -0.4 is 0 Å². The number of hydrogen-bond donors (Lipinski definition) is 0. The summed E-state index contributed by atoms with van der Waals surface area (Å²) in [7, 11) is 0. The average Bonchev–Trinajstić information content (AvgIpc) is 3.26. The molecule has 3 heterocycles. The lowest BCUT2D eigenvalue weighted by atomic mass is 10.1. The van der Waals surface area contributed by atoms with Crippen molar-refractivity contribution in [1.82, 2.24) is 4.40 Å². The topological polar surface area (TPSA) is 17.6 Å². The summed E-state index contributed by atoms with van der Waals surface area (Å²) in [6.07, 6.45) is 2.17. The molecule has 0 aliphatic rings. The number of nitrogens with zero attached hydrogens (tertiary/aromatic N) is 1. The SMILES string of the molecule is c1ccc(-c2cc3cccc(-c4cc5ccccc5o4)n3c2)cc1. The van der Waals surface area contributed by atoms with Crippen LogP contribution in [-0.2, 0) is 0 Å². The molecule has 0 saturated heterocycles. The van der Waals surface area contributed by atoms with Crippen LogP contribution in [0.25, 0.3) is 39.1 Å². The molecule has 2 nitrogen and oxygen atoms in total. The van der Waals surface area contributed by atoms with Gasteiger partial charge < -0.3 is 8.82 Å². The second kappa shape index (κ2) is 5.14. The average molecular weight is 309 g/mol. The molecule has 0 aliphatic heterocycles. The summed E-state index contributed by atoms with van der Waals surface area (Å²) >= 11 is 0. The zero-order chi connectivity index (χ0) is 15.9. The van der Waals surface area contributed by atoms with Crippen LogP contribution in [0.2, 0.25) is 0 Å². The van der Waals surface area contributed by atoms with Crippen molar-refractivity contribution in [3.63, 3.8) is 0 Å². The normalized spacial score (nSPS) is 11.3. The van der Waals surface area contributed by atoms with E-state index in [2.05, 4.69) is 71.3 Å². The fourth-order valence-electron chi connectivity index (χ4n) is 3.23. The lowest BCUT2D eigenvalue weighted by Crippen LogP contribution is -1.87. The van der Waals surface area contributed by atoms with E-state index in [1.54, 1.807) is 0 Å². The van der Waals surface area contributed by atoms with Crippen LogP contribution in [0.4, 0.5) is 0 Å². The zero-order valence-corrected chi connectivity index (χ0v) is 13.0. The summed E-state index contributed by atoms with van der Waals surface area (Å²) in [5.74, 6) is 0.886. The molecule has 114 valence electrons. The third kappa shape index (κ3) is 2.04. The molecular weight excluding hydrogens is 294 g/mol. The molecule has 0 saturated carbocycles. The highest BCUT2D eigenvalue weighted by molar-refractivity contribution is 5.83. The molecule has 24 heavy (non-hydrogen) atoms. The van der Waals surface area contributed by atoms with Crippen molar-refractivity contribution < 1.29 is 4.42 Å². The Balaban J connectivity index is 1.72. The van der Waals surface area contributed by atoms with Gasteiger partial charge in [-0.2, -0.15) is 0 Å². The van der Waals surface area contributed by atoms with Gasteiger partial charge in [-0.1, -0.05) is 54.6 Å².